The van der Waals surface area contributed by atoms with Crippen LogP contribution in [0, 0.1) is 0 Å². The van der Waals surface area contributed by atoms with Crippen LogP contribution in [0.3, 0.4) is 0 Å². The van der Waals surface area contributed by atoms with Crippen LogP contribution in [0.2, 0.25) is 0 Å². The molecule has 3 heteroatoms. The molecule has 1 fully saturated rings. The Morgan fingerprint density at radius 1 is 0.720 bits per heavy atom. The van der Waals surface area contributed by atoms with Gasteiger partial charge >= 0.3 is 5.97 Å². The van der Waals surface area contributed by atoms with Gasteiger partial charge in [-0.05, 0) is 12.8 Å². The molecule has 0 radical (unpaired) electrons. The third kappa shape index (κ3) is 14.7. The maximum absolute atomic E-state index is 11.0. The fourth-order valence-electron chi connectivity index (χ4n) is 3.55. The van der Waals surface area contributed by atoms with Crippen LogP contribution in [0.1, 0.15) is 116 Å². The van der Waals surface area contributed by atoms with Gasteiger partial charge in [0, 0.05) is 16.9 Å². The number of unbranched alkanes of at least 4 members (excludes halogenated alkanes) is 14. The molecule has 1 heterocycles. The van der Waals surface area contributed by atoms with Gasteiger partial charge in [-0.25, -0.2) is 0 Å². The van der Waals surface area contributed by atoms with Gasteiger partial charge in [0.15, 0.2) is 0 Å². The van der Waals surface area contributed by atoms with E-state index in [1.54, 1.807) is 0 Å². The van der Waals surface area contributed by atoms with E-state index in [9.17, 15) is 4.79 Å². The predicted octanol–water partition coefficient (Wildman–Crippen LogP) is 7.30. The van der Waals surface area contributed by atoms with Gasteiger partial charge in [-0.1, -0.05) is 96.8 Å². The number of hydrogen-bond acceptors (Lipinski definition) is 3. The van der Waals surface area contributed by atoms with Gasteiger partial charge in [0.05, 0.1) is 7.11 Å². The first kappa shape index (κ1) is 22.9. The highest BCUT2D eigenvalue weighted by molar-refractivity contribution is 8.07. The standard InChI is InChI=1S/C22H42O2S/c1-20-21(25-20)18-16-14-12-10-8-6-4-3-5-7-9-11-13-15-17-19-22(23)24-2/h20-21H,3-19H2,1-2H3. The van der Waals surface area contributed by atoms with E-state index in [4.69, 9.17) is 0 Å². The topological polar surface area (TPSA) is 26.3 Å². The zero-order valence-corrected chi connectivity index (χ0v) is 17.7. The zero-order valence-electron chi connectivity index (χ0n) is 16.9. The lowest BCUT2D eigenvalue weighted by atomic mass is 10.0. The molecule has 0 aliphatic carbocycles. The lowest BCUT2D eigenvalue weighted by Crippen LogP contribution is -1.99. The monoisotopic (exact) mass is 370 g/mol. The second-order valence-electron chi connectivity index (χ2n) is 7.80. The molecule has 1 saturated heterocycles. The van der Waals surface area contributed by atoms with Crippen molar-refractivity contribution >= 4 is 17.7 Å². The van der Waals surface area contributed by atoms with Crippen molar-refractivity contribution in [3.63, 3.8) is 0 Å². The lowest BCUT2D eigenvalue weighted by Gasteiger charge is -2.03. The summed E-state index contributed by atoms with van der Waals surface area (Å²) < 4.78 is 4.65. The molecular formula is C22H42O2S. The summed E-state index contributed by atoms with van der Waals surface area (Å²) in [5.74, 6) is -0.0630. The molecule has 0 spiro atoms. The summed E-state index contributed by atoms with van der Waals surface area (Å²) in [5, 5.41) is 1.98. The lowest BCUT2D eigenvalue weighted by molar-refractivity contribution is -0.140. The number of hydrogen-bond donors (Lipinski definition) is 0. The average Bonchev–Trinajstić information content (AvgIpc) is 3.32. The van der Waals surface area contributed by atoms with E-state index in [1.807, 2.05) is 0 Å². The van der Waals surface area contributed by atoms with Crippen LogP contribution in [0.25, 0.3) is 0 Å². The number of esters is 1. The smallest absolute Gasteiger partial charge is 0.305 e. The normalized spacial score (nSPS) is 19.1. The van der Waals surface area contributed by atoms with E-state index in [2.05, 4.69) is 23.4 Å². The molecule has 2 unspecified atom stereocenters. The van der Waals surface area contributed by atoms with Crippen molar-refractivity contribution in [2.24, 2.45) is 0 Å². The molecule has 0 amide bonds. The molecule has 25 heavy (non-hydrogen) atoms. The summed E-state index contributed by atoms with van der Waals surface area (Å²) >= 11 is 2.16. The van der Waals surface area contributed by atoms with Gasteiger partial charge in [-0.2, -0.15) is 11.8 Å². The highest BCUT2D eigenvalue weighted by Gasteiger charge is 2.32. The quantitative estimate of drug-likeness (QED) is 0.144. The van der Waals surface area contributed by atoms with Crippen LogP contribution < -0.4 is 0 Å². The maximum atomic E-state index is 11.0. The molecule has 1 rings (SSSR count). The molecule has 0 aromatic heterocycles. The molecular weight excluding hydrogens is 328 g/mol. The Balaban J connectivity index is 1.63. The largest absolute Gasteiger partial charge is 0.469 e. The molecule has 148 valence electrons. The van der Waals surface area contributed by atoms with Gasteiger partial charge in [0.1, 0.15) is 0 Å². The van der Waals surface area contributed by atoms with Crippen LogP contribution in [-0.2, 0) is 9.53 Å². The predicted molar refractivity (Wildman–Crippen MR) is 111 cm³/mol. The van der Waals surface area contributed by atoms with E-state index in [1.165, 1.54) is 103 Å². The van der Waals surface area contributed by atoms with E-state index >= 15 is 0 Å². The van der Waals surface area contributed by atoms with Crippen LogP contribution >= 0.6 is 11.8 Å². The fourth-order valence-corrected chi connectivity index (χ4v) is 4.45. The molecule has 0 aromatic rings. The minimum absolute atomic E-state index is 0.0630. The molecule has 0 aromatic carbocycles. The van der Waals surface area contributed by atoms with Crippen LogP contribution in [0.5, 0.6) is 0 Å². The van der Waals surface area contributed by atoms with Gasteiger partial charge in [0.25, 0.3) is 0 Å². The van der Waals surface area contributed by atoms with Crippen molar-refractivity contribution in [1.29, 1.82) is 0 Å². The molecule has 2 atom stereocenters. The van der Waals surface area contributed by atoms with Crippen molar-refractivity contribution in [3.8, 4) is 0 Å². The summed E-state index contributed by atoms with van der Waals surface area (Å²) in [4.78, 5) is 11.0. The van der Waals surface area contributed by atoms with E-state index in [-0.39, 0.29) is 5.97 Å². The first-order chi connectivity index (χ1) is 12.2. The molecule has 2 nitrogen and oxygen atoms in total. The molecule has 0 N–H and O–H groups in total. The Hall–Kier alpha value is -0.180. The maximum Gasteiger partial charge on any atom is 0.305 e. The fraction of sp³-hybridized carbons (Fsp3) is 0.955. The molecule has 1 aliphatic heterocycles. The Kier molecular flexibility index (Phi) is 14.7. The first-order valence-electron chi connectivity index (χ1n) is 11.0. The van der Waals surface area contributed by atoms with Crippen LogP contribution in [-0.4, -0.2) is 23.6 Å². The van der Waals surface area contributed by atoms with Crippen molar-refractivity contribution in [1.82, 2.24) is 0 Å². The average molecular weight is 371 g/mol. The number of carbonyl (C=O) groups is 1. The van der Waals surface area contributed by atoms with Crippen molar-refractivity contribution in [2.45, 2.75) is 127 Å². The van der Waals surface area contributed by atoms with Crippen molar-refractivity contribution < 1.29 is 9.53 Å². The number of ether oxygens (including phenoxy) is 1. The Morgan fingerprint density at radius 3 is 1.44 bits per heavy atom. The second kappa shape index (κ2) is 16.0. The third-order valence-corrected chi connectivity index (χ3v) is 6.87. The van der Waals surface area contributed by atoms with Crippen molar-refractivity contribution in [2.75, 3.05) is 7.11 Å². The first-order valence-corrected chi connectivity index (χ1v) is 11.9. The number of carbonyl (C=O) groups excluding carboxylic acids is 1. The highest BCUT2D eigenvalue weighted by atomic mass is 32.2. The molecule has 0 saturated carbocycles. The zero-order chi connectivity index (χ0) is 18.2. The summed E-state index contributed by atoms with van der Waals surface area (Å²) in [7, 11) is 1.47. The van der Waals surface area contributed by atoms with Gasteiger partial charge < -0.3 is 4.74 Å². The number of rotatable bonds is 18. The number of thioether (sulfide) groups is 1. The molecule has 0 bridgehead atoms. The molecule has 1 aliphatic rings. The Labute approximate surface area is 161 Å². The minimum atomic E-state index is -0.0630. The summed E-state index contributed by atoms with van der Waals surface area (Å²) in [6, 6.07) is 0. The van der Waals surface area contributed by atoms with Gasteiger partial charge in [-0.3, -0.25) is 4.79 Å². The van der Waals surface area contributed by atoms with Crippen LogP contribution in [0.4, 0.5) is 0 Å². The van der Waals surface area contributed by atoms with E-state index in [0.717, 1.165) is 16.9 Å². The number of methoxy groups -OCH3 is 1. The summed E-state index contributed by atoms with van der Waals surface area (Å²) in [6.07, 6.45) is 22.6. The highest BCUT2D eigenvalue weighted by Crippen LogP contribution is 2.43. The minimum Gasteiger partial charge on any atom is -0.469 e. The SMILES string of the molecule is COC(=O)CCCCCCCCCCCCCCCCCC1SC1C. The Bertz CT molecular complexity index is 319. The van der Waals surface area contributed by atoms with Crippen molar-refractivity contribution in [3.05, 3.63) is 0 Å². The van der Waals surface area contributed by atoms with Gasteiger partial charge in [0.2, 0.25) is 0 Å². The van der Waals surface area contributed by atoms with E-state index < -0.39 is 0 Å². The third-order valence-electron chi connectivity index (χ3n) is 5.43. The van der Waals surface area contributed by atoms with Crippen LogP contribution in [0.15, 0.2) is 0 Å². The summed E-state index contributed by atoms with van der Waals surface area (Å²) in [5.41, 5.74) is 0. The van der Waals surface area contributed by atoms with E-state index in [0.29, 0.717) is 6.42 Å². The summed E-state index contributed by atoms with van der Waals surface area (Å²) in [6.45, 7) is 2.36. The second-order valence-corrected chi connectivity index (χ2v) is 9.42. The van der Waals surface area contributed by atoms with Gasteiger partial charge in [-0.15, -0.1) is 0 Å². The Morgan fingerprint density at radius 2 is 1.08 bits per heavy atom.